The minimum absolute atomic E-state index is 0.0856. The normalized spacial score (nSPS) is 22.3. The SMILES string of the molecule is CC1C(=O)C(c2ccccc2)=C(c2ccc(Cl)nc2)C1(O)c1ccccc1. The van der Waals surface area contributed by atoms with Crippen LogP contribution in [0.15, 0.2) is 79.0 Å². The summed E-state index contributed by atoms with van der Waals surface area (Å²) in [6, 6.07) is 22.2. The van der Waals surface area contributed by atoms with Gasteiger partial charge in [0, 0.05) is 22.9 Å². The molecule has 134 valence electrons. The van der Waals surface area contributed by atoms with Crippen molar-refractivity contribution < 1.29 is 9.90 Å². The van der Waals surface area contributed by atoms with E-state index in [4.69, 9.17) is 11.6 Å². The number of benzene rings is 2. The van der Waals surface area contributed by atoms with Crippen LogP contribution in [-0.2, 0) is 10.4 Å². The van der Waals surface area contributed by atoms with Gasteiger partial charge in [0.1, 0.15) is 10.8 Å². The first-order valence-electron chi connectivity index (χ1n) is 8.77. The lowest BCUT2D eigenvalue weighted by atomic mass is 9.78. The molecule has 3 nitrogen and oxygen atoms in total. The lowest BCUT2D eigenvalue weighted by molar-refractivity contribution is -0.121. The van der Waals surface area contributed by atoms with Crippen molar-refractivity contribution in [2.24, 2.45) is 5.92 Å². The van der Waals surface area contributed by atoms with Gasteiger partial charge in [0.2, 0.25) is 0 Å². The molecule has 0 saturated carbocycles. The van der Waals surface area contributed by atoms with Crippen LogP contribution in [-0.4, -0.2) is 15.9 Å². The van der Waals surface area contributed by atoms with Crippen molar-refractivity contribution >= 4 is 28.5 Å². The van der Waals surface area contributed by atoms with E-state index >= 15 is 0 Å². The lowest BCUT2D eigenvalue weighted by Crippen LogP contribution is -2.33. The molecule has 1 N–H and O–H groups in total. The van der Waals surface area contributed by atoms with Crippen LogP contribution >= 0.6 is 11.6 Å². The number of hydrogen-bond acceptors (Lipinski definition) is 3. The van der Waals surface area contributed by atoms with Gasteiger partial charge in [-0.1, -0.05) is 79.2 Å². The molecule has 0 spiro atoms. The van der Waals surface area contributed by atoms with Gasteiger partial charge in [0.15, 0.2) is 5.78 Å². The average Bonchev–Trinajstić information content (AvgIpc) is 2.92. The Hall–Kier alpha value is -2.75. The van der Waals surface area contributed by atoms with E-state index in [-0.39, 0.29) is 5.78 Å². The third-order valence-corrected chi connectivity index (χ3v) is 5.41. The highest BCUT2D eigenvalue weighted by atomic mass is 35.5. The monoisotopic (exact) mass is 375 g/mol. The number of carbonyl (C=O) groups is 1. The van der Waals surface area contributed by atoms with E-state index in [1.807, 2.05) is 60.7 Å². The van der Waals surface area contributed by atoms with Gasteiger partial charge in [-0.05, 0) is 23.3 Å². The third kappa shape index (κ3) is 2.80. The van der Waals surface area contributed by atoms with Crippen LogP contribution in [0.2, 0.25) is 5.15 Å². The Kier molecular flexibility index (Phi) is 4.42. The molecule has 3 aromatic rings. The van der Waals surface area contributed by atoms with Gasteiger partial charge in [-0.25, -0.2) is 4.98 Å². The number of nitrogens with zero attached hydrogens (tertiary/aromatic N) is 1. The maximum Gasteiger partial charge on any atom is 0.170 e. The number of aromatic nitrogens is 1. The number of aliphatic hydroxyl groups is 1. The molecule has 1 aromatic heterocycles. The number of halogens is 1. The molecule has 1 heterocycles. The Morgan fingerprint density at radius 3 is 2.15 bits per heavy atom. The summed E-state index contributed by atoms with van der Waals surface area (Å²) in [6.07, 6.45) is 1.61. The van der Waals surface area contributed by atoms with Crippen LogP contribution in [0.5, 0.6) is 0 Å². The summed E-state index contributed by atoms with van der Waals surface area (Å²) in [5.74, 6) is -0.710. The number of rotatable bonds is 3. The first-order chi connectivity index (χ1) is 13.0. The number of hydrogen-bond donors (Lipinski definition) is 1. The fourth-order valence-corrected chi connectivity index (χ4v) is 3.91. The van der Waals surface area contributed by atoms with Crippen LogP contribution < -0.4 is 0 Å². The smallest absolute Gasteiger partial charge is 0.170 e. The van der Waals surface area contributed by atoms with Crippen molar-refractivity contribution in [3.05, 3.63) is 101 Å². The molecule has 27 heavy (non-hydrogen) atoms. The second-order valence-electron chi connectivity index (χ2n) is 6.70. The number of allylic oxidation sites excluding steroid dienone is 1. The minimum atomic E-state index is -1.45. The van der Waals surface area contributed by atoms with E-state index in [0.717, 1.165) is 5.56 Å². The van der Waals surface area contributed by atoms with Gasteiger partial charge in [-0.15, -0.1) is 0 Å². The van der Waals surface area contributed by atoms with Crippen molar-refractivity contribution in [3.8, 4) is 0 Å². The third-order valence-electron chi connectivity index (χ3n) is 5.19. The maximum absolute atomic E-state index is 13.3. The molecule has 0 aliphatic heterocycles. The van der Waals surface area contributed by atoms with Gasteiger partial charge in [-0.2, -0.15) is 0 Å². The van der Waals surface area contributed by atoms with E-state index in [9.17, 15) is 9.90 Å². The Morgan fingerprint density at radius 2 is 1.56 bits per heavy atom. The van der Waals surface area contributed by atoms with E-state index in [1.165, 1.54) is 0 Å². The summed E-state index contributed by atoms with van der Waals surface area (Å²) in [4.78, 5) is 17.5. The molecule has 0 bridgehead atoms. The average molecular weight is 376 g/mol. The van der Waals surface area contributed by atoms with Crippen molar-refractivity contribution in [3.63, 3.8) is 0 Å². The number of Topliss-reactive ketones (excluding diaryl/α,β-unsaturated/α-hetero) is 1. The van der Waals surface area contributed by atoms with Gasteiger partial charge in [-0.3, -0.25) is 4.79 Å². The first-order valence-corrected chi connectivity index (χ1v) is 9.15. The van der Waals surface area contributed by atoms with Crippen LogP contribution in [0.3, 0.4) is 0 Å². The second-order valence-corrected chi connectivity index (χ2v) is 7.09. The molecule has 0 saturated heterocycles. The summed E-state index contributed by atoms with van der Waals surface area (Å²) in [6.45, 7) is 1.77. The topological polar surface area (TPSA) is 50.2 Å². The Morgan fingerprint density at radius 1 is 0.926 bits per heavy atom. The highest BCUT2D eigenvalue weighted by Gasteiger charge is 2.52. The van der Waals surface area contributed by atoms with E-state index in [1.54, 1.807) is 25.3 Å². The van der Waals surface area contributed by atoms with Crippen molar-refractivity contribution in [1.29, 1.82) is 0 Å². The molecule has 4 heteroatoms. The molecule has 0 fully saturated rings. The molecule has 2 atom stereocenters. The maximum atomic E-state index is 13.3. The molecule has 1 aliphatic rings. The zero-order chi connectivity index (χ0) is 19.0. The molecule has 2 unspecified atom stereocenters. The molecule has 1 aliphatic carbocycles. The van der Waals surface area contributed by atoms with Crippen LogP contribution in [0.1, 0.15) is 23.6 Å². The van der Waals surface area contributed by atoms with Gasteiger partial charge >= 0.3 is 0 Å². The van der Waals surface area contributed by atoms with Crippen LogP contribution in [0.25, 0.3) is 11.1 Å². The number of pyridine rings is 1. The zero-order valence-corrected chi connectivity index (χ0v) is 15.5. The Labute approximate surface area is 163 Å². The predicted octanol–water partition coefficient (Wildman–Crippen LogP) is 4.75. The van der Waals surface area contributed by atoms with Crippen LogP contribution in [0, 0.1) is 5.92 Å². The van der Waals surface area contributed by atoms with Crippen molar-refractivity contribution in [1.82, 2.24) is 4.98 Å². The highest BCUT2D eigenvalue weighted by Crippen LogP contribution is 2.52. The van der Waals surface area contributed by atoms with Crippen molar-refractivity contribution in [2.75, 3.05) is 0 Å². The van der Waals surface area contributed by atoms with Gasteiger partial charge < -0.3 is 5.11 Å². The fraction of sp³-hybridized carbons (Fsp3) is 0.130. The summed E-state index contributed by atoms with van der Waals surface area (Å²) < 4.78 is 0. The van der Waals surface area contributed by atoms with Crippen LogP contribution in [0.4, 0.5) is 0 Å². The molecule has 2 aromatic carbocycles. The summed E-state index contributed by atoms with van der Waals surface area (Å²) in [5, 5.41) is 12.2. The number of ketones is 1. The van der Waals surface area contributed by atoms with E-state index in [0.29, 0.717) is 27.4 Å². The lowest BCUT2D eigenvalue weighted by Gasteiger charge is -2.31. The summed E-state index contributed by atoms with van der Waals surface area (Å²) in [7, 11) is 0. The number of carbonyl (C=O) groups excluding carboxylic acids is 1. The standard InChI is InChI=1S/C23H18ClNO2/c1-15-22(26)20(16-8-4-2-5-9-16)21(17-12-13-19(24)25-14-17)23(15,27)18-10-6-3-7-11-18/h2-15,27H,1H3. The van der Waals surface area contributed by atoms with Gasteiger partial charge in [0.05, 0.1) is 5.92 Å². The highest BCUT2D eigenvalue weighted by molar-refractivity contribution is 6.34. The molecule has 4 rings (SSSR count). The molecular formula is C23H18ClNO2. The Balaban J connectivity index is 2.05. The van der Waals surface area contributed by atoms with Gasteiger partial charge in [0.25, 0.3) is 0 Å². The quantitative estimate of drug-likeness (QED) is 0.672. The minimum Gasteiger partial charge on any atom is -0.380 e. The molecular weight excluding hydrogens is 358 g/mol. The zero-order valence-electron chi connectivity index (χ0n) is 14.8. The second kappa shape index (κ2) is 6.76. The largest absolute Gasteiger partial charge is 0.380 e. The van der Waals surface area contributed by atoms with E-state index in [2.05, 4.69) is 4.98 Å². The molecule has 0 radical (unpaired) electrons. The van der Waals surface area contributed by atoms with E-state index < -0.39 is 11.5 Å². The fourth-order valence-electron chi connectivity index (χ4n) is 3.80. The Bertz CT molecular complexity index is 1010. The summed E-state index contributed by atoms with van der Waals surface area (Å²) >= 11 is 5.96. The van der Waals surface area contributed by atoms with Crippen molar-refractivity contribution in [2.45, 2.75) is 12.5 Å². The molecule has 0 amide bonds. The predicted molar refractivity (Wildman–Crippen MR) is 107 cm³/mol. The first kappa shape index (κ1) is 17.7. The summed E-state index contributed by atoms with van der Waals surface area (Å²) in [5.41, 5.74) is 1.80.